The number of fused-ring (bicyclic) bond motifs is 1. The third-order valence-electron chi connectivity index (χ3n) is 2.26. The second kappa shape index (κ2) is 3.61. The molecule has 3 aromatic rings. The van der Waals surface area contributed by atoms with Crippen LogP contribution in [0.5, 0.6) is 0 Å². The van der Waals surface area contributed by atoms with Crippen LogP contribution in [0.15, 0.2) is 38.5 Å². The van der Waals surface area contributed by atoms with Crippen molar-refractivity contribution in [1.29, 1.82) is 0 Å². The molecule has 16 heavy (non-hydrogen) atoms. The number of nitrogens with two attached hydrogens (primary N) is 1. The molecule has 0 bridgehead atoms. The van der Waals surface area contributed by atoms with Crippen molar-refractivity contribution in [2.45, 2.75) is 0 Å². The first-order chi connectivity index (χ1) is 7.75. The number of aromatic nitrogens is 1. The van der Waals surface area contributed by atoms with Crippen LogP contribution >= 0.6 is 27.3 Å². The molecule has 2 aromatic heterocycles. The number of hydrogen-bond donors (Lipinski definition) is 1. The van der Waals surface area contributed by atoms with Gasteiger partial charge in [0.1, 0.15) is 10.4 Å². The molecule has 0 radical (unpaired) electrons. The van der Waals surface area contributed by atoms with Crippen LogP contribution in [-0.4, -0.2) is 4.98 Å². The Morgan fingerprint density at radius 3 is 2.88 bits per heavy atom. The molecule has 0 fully saturated rings. The number of hydrogen-bond acceptors (Lipinski definition) is 4. The van der Waals surface area contributed by atoms with Crippen molar-refractivity contribution in [3.63, 3.8) is 0 Å². The fourth-order valence-corrected chi connectivity index (χ4v) is 2.69. The summed E-state index contributed by atoms with van der Waals surface area (Å²) in [6, 6.07) is 7.62. The number of benzene rings is 1. The van der Waals surface area contributed by atoms with E-state index in [1.54, 1.807) is 0 Å². The smallest absolute Gasteiger partial charge is 0.239 e. The van der Waals surface area contributed by atoms with Crippen LogP contribution in [-0.2, 0) is 0 Å². The summed E-state index contributed by atoms with van der Waals surface area (Å²) in [5, 5.41) is 1.93. The topological polar surface area (TPSA) is 52.0 Å². The van der Waals surface area contributed by atoms with Crippen LogP contribution in [0.25, 0.3) is 21.9 Å². The first-order valence-corrected chi connectivity index (χ1v) is 6.31. The van der Waals surface area contributed by atoms with Crippen LogP contribution in [0.1, 0.15) is 0 Å². The summed E-state index contributed by atoms with van der Waals surface area (Å²) in [4.78, 5) is 5.29. The Morgan fingerprint density at radius 1 is 1.31 bits per heavy atom. The number of nitrogens with zero attached hydrogens (tertiary/aromatic N) is 1. The van der Waals surface area contributed by atoms with Crippen LogP contribution in [0.2, 0.25) is 0 Å². The lowest BCUT2D eigenvalue weighted by Crippen LogP contribution is -1.83. The number of anilines is 1. The van der Waals surface area contributed by atoms with Gasteiger partial charge in [-0.15, -0.1) is 11.3 Å². The van der Waals surface area contributed by atoms with Crippen molar-refractivity contribution >= 4 is 44.1 Å². The minimum atomic E-state index is 0.578. The molecular formula is C11H7BrN2OS. The van der Waals surface area contributed by atoms with Gasteiger partial charge in [0.05, 0.1) is 10.2 Å². The van der Waals surface area contributed by atoms with Crippen molar-refractivity contribution in [3.05, 3.63) is 34.1 Å². The average Bonchev–Trinajstić information content (AvgIpc) is 2.84. The van der Waals surface area contributed by atoms with Gasteiger partial charge in [-0.3, -0.25) is 0 Å². The van der Waals surface area contributed by atoms with Gasteiger partial charge in [-0.25, -0.2) is 4.98 Å². The van der Waals surface area contributed by atoms with Gasteiger partial charge in [-0.05, 0) is 39.5 Å². The van der Waals surface area contributed by atoms with E-state index in [0.717, 1.165) is 20.4 Å². The summed E-state index contributed by atoms with van der Waals surface area (Å²) in [6.45, 7) is 0. The summed E-state index contributed by atoms with van der Waals surface area (Å²) >= 11 is 4.96. The van der Waals surface area contributed by atoms with E-state index in [9.17, 15) is 0 Å². The Hall–Kier alpha value is -1.33. The van der Waals surface area contributed by atoms with E-state index in [-0.39, 0.29) is 0 Å². The lowest BCUT2D eigenvalue weighted by molar-refractivity contribution is 0.620. The summed E-state index contributed by atoms with van der Waals surface area (Å²) < 4.78 is 6.60. The number of para-hydroxylation sites is 1. The first-order valence-electron chi connectivity index (χ1n) is 4.64. The van der Waals surface area contributed by atoms with Gasteiger partial charge in [-0.1, -0.05) is 6.07 Å². The van der Waals surface area contributed by atoms with E-state index in [1.807, 2.05) is 29.6 Å². The van der Waals surface area contributed by atoms with E-state index >= 15 is 0 Å². The van der Waals surface area contributed by atoms with Gasteiger partial charge in [0.25, 0.3) is 0 Å². The molecule has 1 aromatic carbocycles. The quantitative estimate of drug-likeness (QED) is 0.740. The van der Waals surface area contributed by atoms with E-state index < -0.39 is 0 Å². The average molecular weight is 295 g/mol. The zero-order valence-corrected chi connectivity index (χ0v) is 10.5. The molecule has 2 N–H and O–H groups in total. The molecule has 0 aliphatic carbocycles. The van der Waals surface area contributed by atoms with Gasteiger partial charge < -0.3 is 10.2 Å². The number of nitrogen functional groups attached to an aromatic ring is 1. The van der Waals surface area contributed by atoms with Crippen LogP contribution in [0.3, 0.4) is 0 Å². The Kier molecular flexibility index (Phi) is 2.22. The maximum absolute atomic E-state index is 5.83. The minimum Gasteiger partial charge on any atom is -0.434 e. The lowest BCUT2D eigenvalue weighted by atomic mass is 10.3. The van der Waals surface area contributed by atoms with Gasteiger partial charge in [0.2, 0.25) is 5.89 Å². The second-order valence-electron chi connectivity index (χ2n) is 3.31. The largest absolute Gasteiger partial charge is 0.434 e. The maximum Gasteiger partial charge on any atom is 0.239 e. The molecule has 0 unspecified atom stereocenters. The van der Waals surface area contributed by atoms with Crippen molar-refractivity contribution in [2.24, 2.45) is 0 Å². The summed E-state index contributed by atoms with van der Waals surface area (Å²) in [7, 11) is 0. The molecule has 0 spiro atoms. The number of halogens is 1. The molecule has 0 aliphatic heterocycles. The van der Waals surface area contributed by atoms with E-state index in [1.165, 1.54) is 11.3 Å². The van der Waals surface area contributed by atoms with Crippen LogP contribution in [0, 0.1) is 0 Å². The number of oxazole rings is 1. The van der Waals surface area contributed by atoms with Crippen LogP contribution in [0.4, 0.5) is 5.69 Å². The molecule has 0 aliphatic rings. The number of thiophene rings is 1. The molecule has 0 saturated heterocycles. The highest BCUT2D eigenvalue weighted by Crippen LogP contribution is 2.34. The highest BCUT2D eigenvalue weighted by molar-refractivity contribution is 9.10. The van der Waals surface area contributed by atoms with Crippen LogP contribution < -0.4 is 5.73 Å². The molecule has 0 atom stereocenters. The predicted molar refractivity (Wildman–Crippen MR) is 69.4 cm³/mol. The second-order valence-corrected chi connectivity index (χ2v) is 5.08. The lowest BCUT2D eigenvalue weighted by Gasteiger charge is -1.91. The Morgan fingerprint density at radius 2 is 2.19 bits per heavy atom. The van der Waals surface area contributed by atoms with Gasteiger partial charge in [0.15, 0.2) is 5.58 Å². The molecule has 2 heterocycles. The van der Waals surface area contributed by atoms with E-state index in [2.05, 4.69) is 20.9 Å². The molecule has 5 heteroatoms. The standard InChI is InChI=1S/C11H7BrN2OS/c12-6-2-1-3-8-9(6)15-11(14-8)10-7(13)4-5-16-10/h1-5H,13H2. The number of rotatable bonds is 1. The third kappa shape index (κ3) is 1.44. The third-order valence-corrected chi connectivity index (χ3v) is 3.80. The fourth-order valence-electron chi connectivity index (χ4n) is 1.51. The summed E-state index contributed by atoms with van der Waals surface area (Å²) in [5.74, 6) is 0.578. The van der Waals surface area contributed by atoms with Gasteiger partial charge in [0, 0.05) is 0 Å². The predicted octanol–water partition coefficient (Wildman–Crippen LogP) is 3.90. The van der Waals surface area contributed by atoms with Crippen molar-refractivity contribution < 1.29 is 4.42 Å². The normalized spacial score (nSPS) is 11.1. The molecule has 0 saturated carbocycles. The first kappa shape index (κ1) is 9.86. The fraction of sp³-hybridized carbons (Fsp3) is 0. The molecule has 80 valence electrons. The Balaban J connectivity index is 2.27. The van der Waals surface area contributed by atoms with Crippen molar-refractivity contribution in [2.75, 3.05) is 5.73 Å². The summed E-state index contributed by atoms with van der Waals surface area (Å²) in [5.41, 5.74) is 8.12. The molecule has 3 nitrogen and oxygen atoms in total. The summed E-state index contributed by atoms with van der Waals surface area (Å²) in [6.07, 6.45) is 0. The monoisotopic (exact) mass is 294 g/mol. The molecule has 3 rings (SSSR count). The SMILES string of the molecule is Nc1ccsc1-c1nc2cccc(Br)c2o1. The highest BCUT2D eigenvalue weighted by atomic mass is 79.9. The zero-order chi connectivity index (χ0) is 11.1. The van der Waals surface area contributed by atoms with Crippen molar-refractivity contribution in [1.82, 2.24) is 4.98 Å². The van der Waals surface area contributed by atoms with Gasteiger partial charge >= 0.3 is 0 Å². The molecule has 0 amide bonds. The maximum atomic E-state index is 5.83. The van der Waals surface area contributed by atoms with Gasteiger partial charge in [-0.2, -0.15) is 0 Å². The van der Waals surface area contributed by atoms with E-state index in [4.69, 9.17) is 10.2 Å². The highest BCUT2D eigenvalue weighted by Gasteiger charge is 2.13. The van der Waals surface area contributed by atoms with Crippen molar-refractivity contribution in [3.8, 4) is 10.8 Å². The zero-order valence-electron chi connectivity index (χ0n) is 8.11. The van der Waals surface area contributed by atoms with E-state index in [0.29, 0.717) is 11.6 Å². The minimum absolute atomic E-state index is 0.578. The Bertz CT molecular complexity index is 659. The molecular weight excluding hydrogens is 288 g/mol. The Labute approximate surface area is 104 Å².